The van der Waals surface area contributed by atoms with Crippen molar-refractivity contribution in [2.45, 2.75) is 25.6 Å². The van der Waals surface area contributed by atoms with Gasteiger partial charge in [-0.2, -0.15) is 5.10 Å². The van der Waals surface area contributed by atoms with E-state index in [9.17, 15) is 0 Å². The molecule has 3 nitrogen and oxygen atoms in total. The summed E-state index contributed by atoms with van der Waals surface area (Å²) < 4.78 is 2.04. The summed E-state index contributed by atoms with van der Waals surface area (Å²) in [6.45, 7) is 5.29. The molecule has 19 heavy (non-hydrogen) atoms. The Kier molecular flexibility index (Phi) is 4.64. The molecule has 0 saturated heterocycles. The zero-order valence-electron chi connectivity index (χ0n) is 11.7. The molecule has 0 aliphatic rings. The number of hydrogen-bond donors (Lipinski definition) is 0. The molecule has 0 amide bonds. The third-order valence-corrected chi connectivity index (χ3v) is 3.77. The molecule has 1 heterocycles. The lowest BCUT2D eigenvalue weighted by Crippen LogP contribution is -2.22. The van der Waals surface area contributed by atoms with Gasteiger partial charge in [-0.25, -0.2) is 4.68 Å². The average Bonchev–Trinajstić information content (AvgIpc) is 2.77. The number of aryl methyl sites for hydroxylation is 1. The molecular weight excluding hydrogens is 302 g/mol. The van der Waals surface area contributed by atoms with Crippen molar-refractivity contribution < 1.29 is 0 Å². The summed E-state index contributed by atoms with van der Waals surface area (Å²) in [5, 5.41) is 5.53. The van der Waals surface area contributed by atoms with Crippen LogP contribution < -0.4 is 4.90 Å². The number of anilines is 1. The van der Waals surface area contributed by atoms with Crippen molar-refractivity contribution in [2.75, 3.05) is 18.5 Å². The van der Waals surface area contributed by atoms with Gasteiger partial charge >= 0.3 is 0 Å². The fraction of sp³-hybridized carbons (Fsp3) is 0.400. The summed E-state index contributed by atoms with van der Waals surface area (Å²) >= 11 is 3.58. The fourth-order valence-electron chi connectivity index (χ4n) is 2.29. The van der Waals surface area contributed by atoms with Crippen LogP contribution in [0.25, 0.3) is 5.69 Å². The predicted octanol–water partition coefficient (Wildman–Crippen LogP) is 3.92. The highest BCUT2D eigenvalue weighted by atomic mass is 79.9. The summed E-state index contributed by atoms with van der Waals surface area (Å²) in [5.74, 6) is 1.18. The van der Waals surface area contributed by atoms with Gasteiger partial charge in [0.15, 0.2) is 0 Å². The van der Waals surface area contributed by atoms with Gasteiger partial charge in [0.1, 0.15) is 5.82 Å². The summed E-state index contributed by atoms with van der Waals surface area (Å²) in [5.41, 5.74) is 3.45. The summed E-state index contributed by atoms with van der Waals surface area (Å²) in [7, 11) is 2.13. The number of rotatable bonds is 5. The van der Waals surface area contributed by atoms with Crippen molar-refractivity contribution in [3.8, 4) is 5.69 Å². The van der Waals surface area contributed by atoms with Gasteiger partial charge in [0, 0.05) is 24.5 Å². The third-order valence-electron chi connectivity index (χ3n) is 3.21. The standard InChI is InChI=1S/C15H20BrN3/c1-4-10-18(3)15-14(11-16)12(2)17-19(15)13-8-6-5-7-9-13/h5-9H,4,10-11H2,1-3H3. The van der Waals surface area contributed by atoms with Gasteiger partial charge in [-0.1, -0.05) is 41.1 Å². The molecule has 0 bridgehead atoms. The Balaban J connectivity index is 2.55. The highest BCUT2D eigenvalue weighted by Gasteiger charge is 2.18. The molecule has 0 atom stereocenters. The lowest BCUT2D eigenvalue weighted by Gasteiger charge is -2.21. The Morgan fingerprint density at radius 2 is 1.95 bits per heavy atom. The van der Waals surface area contributed by atoms with Gasteiger partial charge in [0.25, 0.3) is 0 Å². The van der Waals surface area contributed by atoms with Crippen molar-refractivity contribution >= 4 is 21.7 Å². The van der Waals surface area contributed by atoms with Gasteiger partial charge in [-0.05, 0) is 25.5 Å². The third kappa shape index (κ3) is 2.84. The Morgan fingerprint density at radius 3 is 2.53 bits per heavy atom. The Hall–Kier alpha value is -1.29. The zero-order chi connectivity index (χ0) is 13.8. The maximum Gasteiger partial charge on any atom is 0.136 e. The van der Waals surface area contributed by atoms with Gasteiger partial charge in [0.05, 0.1) is 11.4 Å². The highest BCUT2D eigenvalue weighted by molar-refractivity contribution is 9.08. The molecule has 0 saturated carbocycles. The number of benzene rings is 1. The van der Waals surface area contributed by atoms with Crippen LogP contribution in [-0.4, -0.2) is 23.4 Å². The van der Waals surface area contributed by atoms with Crippen LogP contribution in [0, 0.1) is 6.92 Å². The first-order valence-corrected chi connectivity index (χ1v) is 7.72. The maximum atomic E-state index is 4.70. The first-order chi connectivity index (χ1) is 9.19. The molecule has 0 fully saturated rings. The molecule has 0 radical (unpaired) electrons. The number of alkyl halides is 1. The first kappa shape index (κ1) is 14.1. The Labute approximate surface area is 123 Å². The number of nitrogens with zero attached hydrogens (tertiary/aromatic N) is 3. The topological polar surface area (TPSA) is 21.1 Å². The van der Waals surface area contributed by atoms with Crippen LogP contribution in [0.3, 0.4) is 0 Å². The van der Waals surface area contributed by atoms with Crippen LogP contribution in [0.4, 0.5) is 5.82 Å². The predicted molar refractivity (Wildman–Crippen MR) is 84.5 cm³/mol. The van der Waals surface area contributed by atoms with Gasteiger partial charge in [-0.15, -0.1) is 0 Å². The number of hydrogen-bond acceptors (Lipinski definition) is 2. The maximum absolute atomic E-state index is 4.70. The van der Waals surface area contributed by atoms with Crippen LogP contribution >= 0.6 is 15.9 Å². The molecule has 0 unspecified atom stereocenters. The van der Waals surface area contributed by atoms with Crippen LogP contribution in [-0.2, 0) is 5.33 Å². The van der Waals surface area contributed by atoms with E-state index in [1.807, 2.05) is 22.9 Å². The molecular formula is C15H20BrN3. The van der Waals surface area contributed by atoms with E-state index in [0.717, 1.165) is 29.7 Å². The smallest absolute Gasteiger partial charge is 0.136 e. The molecule has 0 N–H and O–H groups in total. The van der Waals surface area contributed by atoms with Crippen molar-refractivity contribution in [3.63, 3.8) is 0 Å². The summed E-state index contributed by atoms with van der Waals surface area (Å²) in [4.78, 5) is 2.28. The van der Waals surface area contributed by atoms with Crippen LogP contribution in [0.5, 0.6) is 0 Å². The highest BCUT2D eigenvalue weighted by Crippen LogP contribution is 2.28. The van der Waals surface area contributed by atoms with Crippen molar-refractivity contribution in [2.24, 2.45) is 0 Å². The van der Waals surface area contributed by atoms with E-state index in [-0.39, 0.29) is 0 Å². The fourth-order valence-corrected chi connectivity index (χ4v) is 2.94. The molecule has 102 valence electrons. The summed E-state index contributed by atoms with van der Waals surface area (Å²) in [6, 6.07) is 10.3. The molecule has 4 heteroatoms. The lowest BCUT2D eigenvalue weighted by atomic mass is 10.2. The van der Waals surface area contributed by atoms with Crippen molar-refractivity contribution in [1.29, 1.82) is 0 Å². The molecule has 0 aliphatic carbocycles. The van der Waals surface area contributed by atoms with E-state index in [4.69, 9.17) is 5.10 Å². The van der Waals surface area contributed by atoms with E-state index in [1.165, 1.54) is 11.4 Å². The van der Waals surface area contributed by atoms with Crippen LogP contribution in [0.1, 0.15) is 24.6 Å². The largest absolute Gasteiger partial charge is 0.359 e. The first-order valence-electron chi connectivity index (χ1n) is 6.60. The minimum absolute atomic E-state index is 0.828. The molecule has 0 aliphatic heterocycles. The van der Waals surface area contributed by atoms with E-state index >= 15 is 0 Å². The normalized spacial score (nSPS) is 10.7. The second-order valence-electron chi connectivity index (χ2n) is 4.69. The van der Waals surface area contributed by atoms with Crippen LogP contribution in [0.15, 0.2) is 30.3 Å². The zero-order valence-corrected chi connectivity index (χ0v) is 13.3. The molecule has 1 aromatic carbocycles. The van der Waals surface area contributed by atoms with E-state index < -0.39 is 0 Å². The molecule has 1 aromatic heterocycles. The quantitative estimate of drug-likeness (QED) is 0.778. The van der Waals surface area contributed by atoms with Gasteiger partial charge in [-0.3, -0.25) is 0 Å². The summed E-state index contributed by atoms with van der Waals surface area (Å²) in [6.07, 6.45) is 1.12. The Bertz CT molecular complexity index is 534. The SMILES string of the molecule is CCCN(C)c1c(CBr)c(C)nn1-c1ccccc1. The van der Waals surface area contributed by atoms with Gasteiger partial charge in [0.2, 0.25) is 0 Å². The molecule has 0 spiro atoms. The van der Waals surface area contributed by atoms with Crippen molar-refractivity contribution in [1.82, 2.24) is 9.78 Å². The van der Waals surface area contributed by atoms with E-state index in [0.29, 0.717) is 0 Å². The second-order valence-corrected chi connectivity index (χ2v) is 5.25. The Morgan fingerprint density at radius 1 is 1.26 bits per heavy atom. The minimum Gasteiger partial charge on any atom is -0.359 e. The second kappa shape index (κ2) is 6.24. The number of para-hydroxylation sites is 1. The average molecular weight is 322 g/mol. The lowest BCUT2D eigenvalue weighted by molar-refractivity contribution is 0.783. The number of aromatic nitrogens is 2. The molecule has 2 rings (SSSR count). The van der Waals surface area contributed by atoms with Gasteiger partial charge < -0.3 is 4.90 Å². The van der Waals surface area contributed by atoms with E-state index in [2.05, 4.69) is 53.9 Å². The minimum atomic E-state index is 0.828. The van der Waals surface area contributed by atoms with Crippen molar-refractivity contribution in [3.05, 3.63) is 41.6 Å². The number of halogens is 1. The van der Waals surface area contributed by atoms with Crippen LogP contribution in [0.2, 0.25) is 0 Å². The monoisotopic (exact) mass is 321 g/mol. The van der Waals surface area contributed by atoms with E-state index in [1.54, 1.807) is 0 Å². The molecule has 2 aromatic rings.